The minimum Gasteiger partial charge on any atom is -0.494 e. The standard InChI is InChI=1S/C23H21N3O5/c1-14-17(11-24)22(28)26(13-16-7-6-10-25-12-16)23(29)20(14)21(27)15(2)31-19-9-5-4-8-18(19)30-3/h4-10,12,15,29H,13H2,1-3H3. The molecule has 3 aromatic rings. The zero-order valence-corrected chi connectivity index (χ0v) is 17.3. The fourth-order valence-corrected chi connectivity index (χ4v) is 3.23. The molecule has 0 aliphatic rings. The molecule has 0 aliphatic heterocycles. The summed E-state index contributed by atoms with van der Waals surface area (Å²) in [5, 5.41) is 20.4. The molecule has 3 rings (SSSR count). The number of nitriles is 1. The second-order valence-electron chi connectivity index (χ2n) is 6.84. The van der Waals surface area contributed by atoms with E-state index in [0.717, 1.165) is 4.57 Å². The van der Waals surface area contributed by atoms with E-state index in [1.165, 1.54) is 27.2 Å². The van der Waals surface area contributed by atoms with Crippen molar-refractivity contribution in [1.29, 1.82) is 5.26 Å². The molecule has 158 valence electrons. The van der Waals surface area contributed by atoms with E-state index in [1.54, 1.807) is 42.6 Å². The van der Waals surface area contributed by atoms with Gasteiger partial charge in [-0.25, -0.2) is 0 Å². The number of aromatic hydroxyl groups is 1. The Hall–Kier alpha value is -4.12. The predicted octanol–water partition coefficient (Wildman–Crippen LogP) is 2.84. The second kappa shape index (κ2) is 9.13. The van der Waals surface area contributed by atoms with E-state index in [9.17, 15) is 20.0 Å². The maximum atomic E-state index is 13.2. The van der Waals surface area contributed by atoms with Gasteiger partial charge in [0.05, 0.1) is 19.2 Å². The van der Waals surface area contributed by atoms with Crippen molar-refractivity contribution in [1.82, 2.24) is 9.55 Å². The zero-order chi connectivity index (χ0) is 22.5. The third-order valence-electron chi connectivity index (χ3n) is 4.85. The van der Waals surface area contributed by atoms with Crippen molar-refractivity contribution in [2.45, 2.75) is 26.5 Å². The third-order valence-corrected chi connectivity index (χ3v) is 4.85. The molecule has 2 aromatic heterocycles. The molecular weight excluding hydrogens is 398 g/mol. The lowest BCUT2D eigenvalue weighted by Gasteiger charge is -2.19. The lowest BCUT2D eigenvalue weighted by molar-refractivity contribution is 0.0808. The number of rotatable bonds is 7. The first-order valence-electron chi connectivity index (χ1n) is 9.48. The van der Waals surface area contributed by atoms with Crippen molar-refractivity contribution in [2.24, 2.45) is 0 Å². The van der Waals surface area contributed by atoms with Gasteiger partial charge in [0.1, 0.15) is 11.6 Å². The Kier molecular flexibility index (Phi) is 6.36. The monoisotopic (exact) mass is 419 g/mol. The van der Waals surface area contributed by atoms with E-state index in [4.69, 9.17) is 9.47 Å². The number of hydrogen-bond acceptors (Lipinski definition) is 7. The molecule has 0 bridgehead atoms. The molecule has 0 amide bonds. The van der Waals surface area contributed by atoms with Crippen molar-refractivity contribution in [3.8, 4) is 23.4 Å². The summed E-state index contributed by atoms with van der Waals surface area (Å²) in [4.78, 5) is 30.0. The number of benzene rings is 1. The minimum atomic E-state index is -1.02. The summed E-state index contributed by atoms with van der Waals surface area (Å²) in [7, 11) is 1.48. The van der Waals surface area contributed by atoms with Gasteiger partial charge in [0.15, 0.2) is 17.6 Å². The van der Waals surface area contributed by atoms with Gasteiger partial charge in [0, 0.05) is 12.4 Å². The highest BCUT2D eigenvalue weighted by atomic mass is 16.5. The number of ether oxygens (including phenoxy) is 2. The summed E-state index contributed by atoms with van der Waals surface area (Å²) < 4.78 is 12.0. The van der Waals surface area contributed by atoms with Gasteiger partial charge in [-0.3, -0.25) is 19.1 Å². The maximum absolute atomic E-state index is 13.2. The highest BCUT2D eigenvalue weighted by Gasteiger charge is 2.28. The van der Waals surface area contributed by atoms with Gasteiger partial charge in [-0.15, -0.1) is 0 Å². The van der Waals surface area contributed by atoms with Gasteiger partial charge in [0.25, 0.3) is 5.56 Å². The second-order valence-corrected chi connectivity index (χ2v) is 6.84. The molecule has 0 aliphatic carbocycles. The average molecular weight is 419 g/mol. The van der Waals surface area contributed by atoms with Gasteiger partial charge in [-0.05, 0) is 43.2 Å². The van der Waals surface area contributed by atoms with Gasteiger partial charge in [-0.1, -0.05) is 18.2 Å². The van der Waals surface area contributed by atoms with E-state index in [-0.39, 0.29) is 23.2 Å². The van der Waals surface area contributed by atoms with E-state index in [0.29, 0.717) is 17.1 Å². The Bertz CT molecular complexity index is 1210. The average Bonchev–Trinajstić information content (AvgIpc) is 2.78. The molecule has 1 unspecified atom stereocenters. The number of methoxy groups -OCH3 is 1. The van der Waals surface area contributed by atoms with Crippen molar-refractivity contribution < 1.29 is 19.4 Å². The van der Waals surface area contributed by atoms with Crippen LogP contribution in [0.4, 0.5) is 0 Å². The van der Waals surface area contributed by atoms with Crippen LogP contribution < -0.4 is 15.0 Å². The van der Waals surface area contributed by atoms with Crippen LogP contribution in [0.3, 0.4) is 0 Å². The fourth-order valence-electron chi connectivity index (χ4n) is 3.23. The lowest BCUT2D eigenvalue weighted by Crippen LogP contribution is -2.31. The van der Waals surface area contributed by atoms with E-state index < -0.39 is 23.3 Å². The van der Waals surface area contributed by atoms with Crippen molar-refractivity contribution in [3.63, 3.8) is 0 Å². The molecule has 0 saturated carbocycles. The Morgan fingerprint density at radius 3 is 2.58 bits per heavy atom. The molecule has 8 nitrogen and oxygen atoms in total. The summed E-state index contributed by atoms with van der Waals surface area (Å²) in [6.45, 7) is 2.93. The van der Waals surface area contributed by atoms with Crippen LogP contribution >= 0.6 is 0 Å². The smallest absolute Gasteiger partial charge is 0.271 e. The summed E-state index contributed by atoms with van der Waals surface area (Å²) >= 11 is 0. The van der Waals surface area contributed by atoms with Crippen LogP contribution in [-0.2, 0) is 6.54 Å². The number of nitrogens with zero attached hydrogens (tertiary/aromatic N) is 3. The predicted molar refractivity (Wildman–Crippen MR) is 113 cm³/mol. The SMILES string of the molecule is COc1ccccc1OC(C)C(=O)c1c(C)c(C#N)c(=O)n(Cc2cccnc2)c1O. The first-order chi connectivity index (χ1) is 14.9. The zero-order valence-electron chi connectivity index (χ0n) is 17.3. The molecule has 0 spiro atoms. The highest BCUT2D eigenvalue weighted by molar-refractivity contribution is 6.03. The Balaban J connectivity index is 2.05. The number of carbonyl (C=O) groups excluding carboxylic acids is 1. The van der Waals surface area contributed by atoms with Crippen molar-refractivity contribution in [2.75, 3.05) is 7.11 Å². The fraction of sp³-hybridized carbons (Fsp3) is 0.217. The van der Waals surface area contributed by atoms with Crippen LogP contribution in [0.5, 0.6) is 17.4 Å². The molecule has 1 atom stereocenters. The molecule has 2 heterocycles. The summed E-state index contributed by atoms with van der Waals surface area (Å²) in [5.41, 5.74) is -0.301. The summed E-state index contributed by atoms with van der Waals surface area (Å²) in [5.74, 6) is -0.294. The van der Waals surface area contributed by atoms with Crippen LogP contribution in [0.15, 0.2) is 53.6 Å². The van der Waals surface area contributed by atoms with Crippen molar-refractivity contribution >= 4 is 5.78 Å². The first kappa shape index (κ1) is 21.6. The number of para-hydroxylation sites is 2. The van der Waals surface area contributed by atoms with E-state index in [2.05, 4.69) is 4.98 Å². The third kappa shape index (κ3) is 4.26. The molecule has 31 heavy (non-hydrogen) atoms. The molecule has 0 radical (unpaired) electrons. The van der Waals surface area contributed by atoms with Gasteiger partial charge in [0.2, 0.25) is 11.7 Å². The Morgan fingerprint density at radius 1 is 1.26 bits per heavy atom. The quantitative estimate of drug-likeness (QED) is 0.586. The Labute approximate surface area is 178 Å². The Morgan fingerprint density at radius 2 is 1.97 bits per heavy atom. The summed E-state index contributed by atoms with van der Waals surface area (Å²) in [6, 6.07) is 12.1. The first-order valence-corrected chi connectivity index (χ1v) is 9.48. The molecular formula is C23H21N3O5. The molecule has 0 saturated heterocycles. The topological polar surface area (TPSA) is 114 Å². The number of Topliss-reactive ketones (excluding diaryl/α,β-unsaturated/α-hetero) is 1. The number of ketones is 1. The van der Waals surface area contributed by atoms with Crippen LogP contribution in [0, 0.1) is 18.3 Å². The lowest BCUT2D eigenvalue weighted by atomic mass is 9.99. The largest absolute Gasteiger partial charge is 0.494 e. The number of hydrogen-bond donors (Lipinski definition) is 1. The van der Waals surface area contributed by atoms with Gasteiger partial charge < -0.3 is 14.6 Å². The van der Waals surface area contributed by atoms with Crippen LogP contribution in [0.1, 0.15) is 34.0 Å². The van der Waals surface area contributed by atoms with Crippen molar-refractivity contribution in [3.05, 3.63) is 81.4 Å². The molecule has 1 N–H and O–H groups in total. The molecule has 1 aromatic carbocycles. The van der Waals surface area contributed by atoms with Crippen LogP contribution in [0.2, 0.25) is 0 Å². The van der Waals surface area contributed by atoms with E-state index in [1.807, 2.05) is 6.07 Å². The van der Waals surface area contributed by atoms with E-state index >= 15 is 0 Å². The van der Waals surface area contributed by atoms with Crippen LogP contribution in [0.25, 0.3) is 0 Å². The number of carbonyl (C=O) groups is 1. The maximum Gasteiger partial charge on any atom is 0.271 e. The molecule has 0 fully saturated rings. The normalized spacial score (nSPS) is 11.4. The number of pyridine rings is 2. The number of aromatic nitrogens is 2. The summed E-state index contributed by atoms with van der Waals surface area (Å²) in [6.07, 6.45) is 2.09. The molecule has 8 heteroatoms. The van der Waals surface area contributed by atoms with Gasteiger partial charge >= 0.3 is 0 Å². The highest BCUT2D eigenvalue weighted by Crippen LogP contribution is 2.29. The van der Waals surface area contributed by atoms with Gasteiger partial charge in [-0.2, -0.15) is 5.26 Å². The van der Waals surface area contributed by atoms with Crippen LogP contribution in [-0.4, -0.2) is 33.7 Å². The minimum absolute atomic E-state index is 0.0461.